The van der Waals surface area contributed by atoms with Crippen LogP contribution in [-0.4, -0.2) is 22.6 Å². The van der Waals surface area contributed by atoms with Gasteiger partial charge in [0.15, 0.2) is 0 Å². The van der Waals surface area contributed by atoms with E-state index in [1.807, 2.05) is 0 Å². The van der Waals surface area contributed by atoms with E-state index in [9.17, 15) is 0 Å². The zero-order valence-corrected chi connectivity index (χ0v) is 32.4. The van der Waals surface area contributed by atoms with E-state index >= 15 is 0 Å². The zero-order chi connectivity index (χ0) is 38.2. The van der Waals surface area contributed by atoms with Gasteiger partial charge in [0.2, 0.25) is 0 Å². The van der Waals surface area contributed by atoms with Crippen LogP contribution in [0.3, 0.4) is 0 Å². The van der Waals surface area contributed by atoms with Crippen LogP contribution in [0, 0.1) is 5.92 Å². The molecule has 5 nitrogen and oxygen atoms in total. The molecule has 12 rings (SSSR count). The molecule has 2 N–H and O–H groups in total. The predicted molar refractivity (Wildman–Crippen MR) is 241 cm³/mol. The molecule has 7 aromatic rings. The first-order valence-electron chi connectivity index (χ1n) is 21.1. The summed E-state index contributed by atoms with van der Waals surface area (Å²) in [5.74, 6) is 1.61. The SMILES string of the molecule is C1=CC2c3ccccc3N(c3c4ccccc4cc4c3c3c(n4-c4ccc(C5=NC(C6C=CCCC6)NC(c6ccccc6)N5)c5ccccc45)CCC=C3)C2C=C1. The lowest BCUT2D eigenvalue weighted by Crippen LogP contribution is -2.50. The lowest BCUT2D eigenvalue weighted by molar-refractivity contribution is 0.319. The third kappa shape index (κ3) is 5.23. The third-order valence-corrected chi connectivity index (χ3v) is 13.2. The molecule has 5 unspecified atom stereocenters. The van der Waals surface area contributed by atoms with Crippen molar-refractivity contribution in [2.45, 2.75) is 56.4 Å². The van der Waals surface area contributed by atoms with Gasteiger partial charge in [-0.25, -0.2) is 4.99 Å². The summed E-state index contributed by atoms with van der Waals surface area (Å²) < 4.78 is 2.60. The van der Waals surface area contributed by atoms with E-state index < -0.39 is 0 Å². The van der Waals surface area contributed by atoms with Gasteiger partial charge in [0.05, 0.1) is 22.9 Å². The van der Waals surface area contributed by atoms with Crippen LogP contribution in [0.5, 0.6) is 0 Å². The number of allylic oxidation sites excluding steroid dienone is 4. The molecule has 5 aliphatic rings. The summed E-state index contributed by atoms with van der Waals surface area (Å²) in [6, 6.07) is 45.1. The predicted octanol–water partition coefficient (Wildman–Crippen LogP) is 11.9. The number of para-hydroxylation sites is 1. The van der Waals surface area contributed by atoms with Crippen LogP contribution in [-0.2, 0) is 6.42 Å². The van der Waals surface area contributed by atoms with Crippen LogP contribution in [0.1, 0.15) is 65.7 Å². The first kappa shape index (κ1) is 33.7. The van der Waals surface area contributed by atoms with E-state index in [0.717, 1.165) is 37.1 Å². The van der Waals surface area contributed by atoms with Crippen molar-refractivity contribution in [3.8, 4) is 5.69 Å². The molecule has 5 heteroatoms. The number of aliphatic imine (C=N–C) groups is 1. The van der Waals surface area contributed by atoms with Gasteiger partial charge < -0.3 is 14.8 Å². The van der Waals surface area contributed by atoms with E-state index in [4.69, 9.17) is 4.99 Å². The number of anilines is 2. The minimum absolute atomic E-state index is 0.0137. The summed E-state index contributed by atoms with van der Waals surface area (Å²) >= 11 is 0. The van der Waals surface area contributed by atoms with E-state index in [-0.39, 0.29) is 18.4 Å². The van der Waals surface area contributed by atoms with Gasteiger partial charge in [-0.1, -0.05) is 146 Å². The lowest BCUT2D eigenvalue weighted by Gasteiger charge is -2.36. The quantitative estimate of drug-likeness (QED) is 0.172. The van der Waals surface area contributed by atoms with Gasteiger partial charge in [0.1, 0.15) is 18.2 Å². The number of benzene rings is 6. The summed E-state index contributed by atoms with van der Waals surface area (Å²) in [7, 11) is 0. The minimum atomic E-state index is -0.0452. The molecule has 5 atom stereocenters. The van der Waals surface area contributed by atoms with Crippen LogP contribution in [0.25, 0.3) is 44.2 Å². The molecule has 58 heavy (non-hydrogen) atoms. The van der Waals surface area contributed by atoms with Crippen LogP contribution < -0.4 is 15.5 Å². The van der Waals surface area contributed by atoms with Gasteiger partial charge in [-0.3, -0.25) is 5.32 Å². The number of nitrogens with one attached hydrogen (secondary N) is 2. The Hall–Kier alpha value is -6.43. The van der Waals surface area contributed by atoms with Crippen molar-refractivity contribution < 1.29 is 0 Å². The average molecular weight is 752 g/mol. The Morgan fingerprint density at radius 3 is 2.40 bits per heavy atom. The lowest BCUT2D eigenvalue weighted by atomic mass is 9.91. The van der Waals surface area contributed by atoms with Crippen molar-refractivity contribution in [2.24, 2.45) is 10.9 Å². The molecular weight excluding hydrogens is 707 g/mol. The highest BCUT2D eigenvalue weighted by Gasteiger charge is 2.40. The highest BCUT2D eigenvalue weighted by Crippen LogP contribution is 2.53. The molecule has 3 heterocycles. The van der Waals surface area contributed by atoms with Crippen molar-refractivity contribution in [3.05, 3.63) is 192 Å². The van der Waals surface area contributed by atoms with E-state index in [1.165, 1.54) is 78.3 Å². The molecule has 0 radical (unpaired) electrons. The Morgan fingerprint density at radius 2 is 1.50 bits per heavy atom. The largest absolute Gasteiger partial charge is 0.350 e. The van der Waals surface area contributed by atoms with E-state index in [0.29, 0.717) is 11.8 Å². The van der Waals surface area contributed by atoms with Crippen molar-refractivity contribution in [3.63, 3.8) is 0 Å². The molecule has 1 aromatic heterocycles. The maximum atomic E-state index is 5.47. The first-order valence-corrected chi connectivity index (χ1v) is 21.1. The van der Waals surface area contributed by atoms with Crippen LogP contribution in [0.15, 0.2) is 169 Å². The number of amidine groups is 1. The number of hydrogen-bond acceptors (Lipinski definition) is 4. The van der Waals surface area contributed by atoms with Crippen molar-refractivity contribution in [2.75, 3.05) is 4.90 Å². The fourth-order valence-electron chi connectivity index (χ4n) is 10.6. The second-order valence-electron chi connectivity index (χ2n) is 16.5. The van der Waals surface area contributed by atoms with Gasteiger partial charge in [-0.2, -0.15) is 0 Å². The maximum Gasteiger partial charge on any atom is 0.132 e. The summed E-state index contributed by atoms with van der Waals surface area (Å²) in [6.45, 7) is 0. The average Bonchev–Trinajstić information content (AvgIpc) is 3.81. The first-order chi connectivity index (χ1) is 28.8. The normalized spacial score (nSPS) is 23.2. The van der Waals surface area contributed by atoms with Gasteiger partial charge in [-0.15, -0.1) is 0 Å². The molecule has 0 fully saturated rings. The number of rotatable bonds is 5. The van der Waals surface area contributed by atoms with Gasteiger partial charge in [0.25, 0.3) is 0 Å². The number of aromatic nitrogens is 1. The Balaban J connectivity index is 1.08. The summed E-state index contributed by atoms with van der Waals surface area (Å²) in [6.07, 6.45) is 24.2. The fraction of sp³-hybridized carbons (Fsp3) is 0.189. The Kier molecular flexibility index (Phi) is 7.90. The number of nitrogens with zero attached hydrogens (tertiary/aromatic N) is 3. The zero-order valence-electron chi connectivity index (χ0n) is 32.4. The molecular formula is C53H45N5. The standard InChI is InChI=1S/C53H45N5/c1-3-17-34(18-4-1)51-54-52(35-19-5-2-6-20-35)56-53(55-51)42-31-32-47(39-24-10-9-23-38(39)42)57-46-30-16-13-27-43(46)49-48(57)33-36-21-7-8-22-37(36)50(49)58-44-28-14-11-25-40(44)41-26-12-15-29-45(41)58/h1,3-5,7-15,17-19,21-29,31-33,35,40,44,51-52,54H,2,6,16,20,30H2,(H,55,56). The van der Waals surface area contributed by atoms with Crippen molar-refractivity contribution >= 4 is 55.7 Å². The monoisotopic (exact) mass is 751 g/mol. The summed E-state index contributed by atoms with van der Waals surface area (Å²) in [5.41, 5.74) is 11.5. The molecule has 3 aliphatic carbocycles. The van der Waals surface area contributed by atoms with Gasteiger partial charge in [-0.05, 0) is 78.3 Å². The molecule has 0 spiro atoms. The second-order valence-corrected chi connectivity index (χ2v) is 16.5. The van der Waals surface area contributed by atoms with Crippen LogP contribution >= 0.6 is 0 Å². The molecule has 0 bridgehead atoms. The topological polar surface area (TPSA) is 44.6 Å². The maximum absolute atomic E-state index is 5.47. The smallest absolute Gasteiger partial charge is 0.132 e. The minimum Gasteiger partial charge on any atom is -0.350 e. The van der Waals surface area contributed by atoms with Gasteiger partial charge >= 0.3 is 0 Å². The van der Waals surface area contributed by atoms with Crippen LogP contribution in [0.2, 0.25) is 0 Å². The molecule has 2 aliphatic heterocycles. The highest BCUT2D eigenvalue weighted by atomic mass is 15.3. The highest BCUT2D eigenvalue weighted by molar-refractivity contribution is 6.17. The Labute approximate surface area is 339 Å². The third-order valence-electron chi connectivity index (χ3n) is 13.2. The van der Waals surface area contributed by atoms with Gasteiger partial charge in [0, 0.05) is 50.5 Å². The number of hydrogen-bond donors (Lipinski definition) is 2. The number of fused-ring (bicyclic) bond motifs is 8. The fourth-order valence-corrected chi connectivity index (χ4v) is 10.6. The van der Waals surface area contributed by atoms with Crippen molar-refractivity contribution in [1.82, 2.24) is 15.2 Å². The molecule has 282 valence electrons. The Bertz CT molecular complexity index is 2930. The van der Waals surface area contributed by atoms with Crippen LogP contribution in [0.4, 0.5) is 11.4 Å². The summed E-state index contributed by atoms with van der Waals surface area (Å²) in [4.78, 5) is 8.12. The molecule has 6 aromatic carbocycles. The molecule has 0 amide bonds. The Morgan fingerprint density at radius 1 is 0.690 bits per heavy atom. The van der Waals surface area contributed by atoms with E-state index in [2.05, 4.69) is 190 Å². The summed E-state index contributed by atoms with van der Waals surface area (Å²) in [5, 5.41) is 14.0. The second kappa shape index (κ2) is 13.6. The molecule has 0 saturated carbocycles. The molecule has 0 saturated heterocycles. The van der Waals surface area contributed by atoms with Crippen molar-refractivity contribution in [1.29, 1.82) is 0 Å². The van der Waals surface area contributed by atoms with E-state index in [1.54, 1.807) is 0 Å².